The van der Waals surface area contributed by atoms with Crippen molar-refractivity contribution >= 4 is 44.2 Å². The number of benzene rings is 3. The van der Waals surface area contributed by atoms with Crippen LogP contribution in [-0.4, -0.2) is 29.8 Å². The van der Waals surface area contributed by atoms with Gasteiger partial charge in [-0.1, -0.05) is 52.3 Å². The number of amides is 2. The van der Waals surface area contributed by atoms with Gasteiger partial charge in [-0.3, -0.25) is 9.59 Å². The second kappa shape index (κ2) is 8.33. The van der Waals surface area contributed by atoms with Crippen molar-refractivity contribution in [1.82, 2.24) is 4.90 Å². The van der Waals surface area contributed by atoms with Gasteiger partial charge in [0, 0.05) is 23.1 Å². The Bertz CT molecular complexity index is 1080. The molecule has 0 aromatic heterocycles. The second-order valence-electron chi connectivity index (χ2n) is 7.23. The molecule has 1 heterocycles. The van der Waals surface area contributed by atoms with Gasteiger partial charge < -0.3 is 10.2 Å². The van der Waals surface area contributed by atoms with E-state index >= 15 is 0 Å². The molecule has 2 amide bonds. The zero-order valence-corrected chi connectivity index (χ0v) is 17.3. The van der Waals surface area contributed by atoms with Gasteiger partial charge in [0.15, 0.2) is 0 Å². The number of nitrogens with one attached hydrogen (secondary N) is 1. The third-order valence-electron chi connectivity index (χ3n) is 5.29. The van der Waals surface area contributed by atoms with Crippen LogP contribution in [0.25, 0.3) is 10.8 Å². The van der Waals surface area contributed by atoms with Gasteiger partial charge in [0.25, 0.3) is 5.91 Å². The summed E-state index contributed by atoms with van der Waals surface area (Å²) < 4.78 is 14.7. The third-order valence-corrected chi connectivity index (χ3v) is 5.78. The Labute approximate surface area is 176 Å². The van der Waals surface area contributed by atoms with E-state index in [0.29, 0.717) is 29.5 Å². The van der Waals surface area contributed by atoms with Crippen LogP contribution >= 0.6 is 15.9 Å². The zero-order valence-electron chi connectivity index (χ0n) is 15.7. The minimum absolute atomic E-state index is 0.0749. The minimum atomic E-state index is -0.493. The highest BCUT2D eigenvalue weighted by molar-refractivity contribution is 9.10. The second-order valence-corrected chi connectivity index (χ2v) is 8.15. The first-order valence-corrected chi connectivity index (χ1v) is 10.3. The van der Waals surface area contributed by atoms with E-state index in [-0.39, 0.29) is 23.4 Å². The summed E-state index contributed by atoms with van der Waals surface area (Å²) in [6, 6.07) is 18.0. The van der Waals surface area contributed by atoms with Gasteiger partial charge in [0.1, 0.15) is 5.82 Å². The van der Waals surface area contributed by atoms with Crippen molar-refractivity contribution in [3.8, 4) is 0 Å². The van der Waals surface area contributed by atoms with Crippen LogP contribution in [0.5, 0.6) is 0 Å². The molecule has 1 aliphatic rings. The van der Waals surface area contributed by atoms with Crippen molar-refractivity contribution in [1.29, 1.82) is 0 Å². The highest BCUT2D eigenvalue weighted by Crippen LogP contribution is 2.25. The molecule has 6 heteroatoms. The molecule has 1 saturated heterocycles. The molecular weight excluding hydrogens is 435 g/mol. The van der Waals surface area contributed by atoms with Crippen molar-refractivity contribution in [2.24, 2.45) is 5.92 Å². The van der Waals surface area contributed by atoms with Gasteiger partial charge in [0.05, 0.1) is 11.6 Å². The van der Waals surface area contributed by atoms with E-state index < -0.39 is 5.82 Å². The lowest BCUT2D eigenvalue weighted by atomic mass is 9.95. The van der Waals surface area contributed by atoms with Crippen LogP contribution < -0.4 is 5.32 Å². The first kappa shape index (κ1) is 19.6. The summed E-state index contributed by atoms with van der Waals surface area (Å²) in [5, 5.41) is 4.58. The smallest absolute Gasteiger partial charge is 0.254 e. The Hall–Kier alpha value is -2.73. The predicted molar refractivity (Wildman–Crippen MR) is 115 cm³/mol. The molecule has 1 unspecified atom stereocenters. The molecule has 0 aliphatic carbocycles. The Morgan fingerprint density at radius 3 is 2.69 bits per heavy atom. The van der Waals surface area contributed by atoms with Crippen LogP contribution in [0.3, 0.4) is 0 Å². The normalized spacial score (nSPS) is 16.6. The SMILES string of the molecule is O=C(Nc1ccc(Br)cc1F)C1CCCN(C(=O)c2cccc3ccccc23)C1. The first-order chi connectivity index (χ1) is 14.0. The Balaban J connectivity index is 1.50. The summed E-state index contributed by atoms with van der Waals surface area (Å²) >= 11 is 3.21. The first-order valence-electron chi connectivity index (χ1n) is 9.56. The van der Waals surface area contributed by atoms with Crippen molar-refractivity contribution in [3.05, 3.63) is 76.5 Å². The van der Waals surface area contributed by atoms with E-state index in [1.807, 2.05) is 42.5 Å². The predicted octanol–water partition coefficient (Wildman–Crippen LogP) is 5.23. The fourth-order valence-electron chi connectivity index (χ4n) is 3.78. The maximum atomic E-state index is 14.0. The van der Waals surface area contributed by atoms with Gasteiger partial charge in [-0.25, -0.2) is 4.39 Å². The molecular formula is C23H20BrFN2O2. The van der Waals surface area contributed by atoms with Crippen molar-refractivity contribution in [2.75, 3.05) is 18.4 Å². The molecule has 0 radical (unpaired) electrons. The van der Waals surface area contributed by atoms with Crippen LogP contribution in [0, 0.1) is 11.7 Å². The number of carbonyl (C=O) groups is 2. The van der Waals surface area contributed by atoms with Gasteiger partial charge in [-0.2, -0.15) is 0 Å². The highest BCUT2D eigenvalue weighted by Gasteiger charge is 2.29. The number of piperidine rings is 1. The van der Waals surface area contributed by atoms with Crippen molar-refractivity contribution < 1.29 is 14.0 Å². The van der Waals surface area contributed by atoms with Gasteiger partial charge in [-0.05, 0) is 47.9 Å². The number of fused-ring (bicyclic) bond motifs is 1. The molecule has 4 rings (SSSR count). The summed E-state index contributed by atoms with van der Waals surface area (Å²) in [7, 11) is 0. The third kappa shape index (κ3) is 4.17. The summed E-state index contributed by atoms with van der Waals surface area (Å²) in [4.78, 5) is 27.6. The molecule has 0 bridgehead atoms. The van der Waals surface area contributed by atoms with E-state index in [1.54, 1.807) is 11.0 Å². The Kier molecular flexibility index (Phi) is 5.62. The highest BCUT2D eigenvalue weighted by atomic mass is 79.9. The number of anilines is 1. The molecule has 148 valence electrons. The number of halogens is 2. The number of likely N-dealkylation sites (tertiary alicyclic amines) is 1. The fraction of sp³-hybridized carbons (Fsp3) is 0.217. The minimum Gasteiger partial charge on any atom is -0.338 e. The van der Waals surface area contributed by atoms with Crippen molar-refractivity contribution in [3.63, 3.8) is 0 Å². The van der Waals surface area contributed by atoms with Crippen molar-refractivity contribution in [2.45, 2.75) is 12.8 Å². The Morgan fingerprint density at radius 1 is 1.07 bits per heavy atom. The van der Waals surface area contributed by atoms with Crippen LogP contribution in [-0.2, 0) is 4.79 Å². The van der Waals surface area contributed by atoms with Gasteiger partial charge >= 0.3 is 0 Å². The average Bonchev–Trinajstić information content (AvgIpc) is 2.75. The van der Waals surface area contributed by atoms with E-state index in [0.717, 1.165) is 17.2 Å². The topological polar surface area (TPSA) is 49.4 Å². The average molecular weight is 455 g/mol. The summed E-state index contributed by atoms with van der Waals surface area (Å²) in [6.07, 6.45) is 1.40. The van der Waals surface area contributed by atoms with Crippen LogP contribution in [0.15, 0.2) is 65.1 Å². The lowest BCUT2D eigenvalue weighted by molar-refractivity contribution is -0.121. The quantitative estimate of drug-likeness (QED) is 0.588. The number of hydrogen-bond donors (Lipinski definition) is 1. The summed E-state index contributed by atoms with van der Waals surface area (Å²) in [6.45, 7) is 0.935. The molecule has 1 aliphatic heterocycles. The number of carbonyl (C=O) groups excluding carboxylic acids is 2. The molecule has 0 spiro atoms. The lowest BCUT2D eigenvalue weighted by Gasteiger charge is -2.32. The summed E-state index contributed by atoms with van der Waals surface area (Å²) in [5.41, 5.74) is 0.791. The van der Waals surface area contributed by atoms with Gasteiger partial charge in [0.2, 0.25) is 5.91 Å². The molecule has 4 nitrogen and oxygen atoms in total. The molecule has 3 aromatic rings. The maximum absolute atomic E-state index is 14.0. The molecule has 29 heavy (non-hydrogen) atoms. The van der Waals surface area contributed by atoms with Gasteiger partial charge in [-0.15, -0.1) is 0 Å². The van der Waals surface area contributed by atoms with Crippen LogP contribution in [0.1, 0.15) is 23.2 Å². The lowest BCUT2D eigenvalue weighted by Crippen LogP contribution is -2.43. The molecule has 0 saturated carbocycles. The van der Waals surface area contributed by atoms with E-state index in [4.69, 9.17) is 0 Å². The number of rotatable bonds is 3. The standard InChI is InChI=1S/C23H20BrFN2O2/c24-17-10-11-21(20(25)13-17)26-22(28)16-7-4-12-27(14-16)23(29)19-9-3-6-15-5-1-2-8-18(15)19/h1-3,5-6,8-11,13,16H,4,7,12,14H2,(H,26,28). The number of nitrogens with zero attached hydrogens (tertiary/aromatic N) is 1. The Morgan fingerprint density at radius 2 is 1.86 bits per heavy atom. The fourth-order valence-corrected chi connectivity index (χ4v) is 4.12. The zero-order chi connectivity index (χ0) is 20.4. The maximum Gasteiger partial charge on any atom is 0.254 e. The van der Waals surface area contributed by atoms with Crippen LogP contribution in [0.2, 0.25) is 0 Å². The molecule has 1 fully saturated rings. The molecule has 3 aromatic carbocycles. The largest absolute Gasteiger partial charge is 0.338 e. The number of hydrogen-bond acceptors (Lipinski definition) is 2. The summed E-state index contributed by atoms with van der Waals surface area (Å²) in [5.74, 6) is -1.20. The molecule has 1 N–H and O–H groups in total. The van der Waals surface area contributed by atoms with E-state index in [2.05, 4.69) is 21.2 Å². The van der Waals surface area contributed by atoms with E-state index in [9.17, 15) is 14.0 Å². The monoisotopic (exact) mass is 454 g/mol. The van der Waals surface area contributed by atoms with E-state index in [1.165, 1.54) is 12.1 Å². The van der Waals surface area contributed by atoms with Crippen LogP contribution in [0.4, 0.5) is 10.1 Å². The molecule has 1 atom stereocenters.